The first-order valence-electron chi connectivity index (χ1n) is 29.3. The summed E-state index contributed by atoms with van der Waals surface area (Å²) in [5.74, 6) is -2.19. The number of ether oxygens (including phenoxy) is 8. The number of rotatable bonds is 34. The number of fused-ring (bicyclic) bond motifs is 2. The van der Waals surface area contributed by atoms with Crippen LogP contribution >= 0.6 is 23.5 Å². The van der Waals surface area contributed by atoms with Crippen molar-refractivity contribution in [2.75, 3.05) is 52.2 Å². The largest absolute Gasteiger partial charge is 0.490 e. The van der Waals surface area contributed by atoms with Gasteiger partial charge in [0.25, 0.3) is 0 Å². The molecule has 22 heteroatoms. The Morgan fingerprint density at radius 1 is 0.516 bits per heavy atom. The molecule has 7 rings (SSSR count). The SMILES string of the molecule is CCCC/C(=C\C(=O)c1ccc(C(=O)OCCOc2ccc3c(OCCOC(=O)c4ccc(C(=O)/C=C(\CCCC)SC[C@H](NC(=O)OCc5ccccc5)C(=O)OC)cc4)c4ccc(=O)cc-4oc3c2)cc1)SC[C@H](NC(=O)OCc1ccccc1)C(=O)OC. The molecule has 5 aromatic carbocycles. The second kappa shape index (κ2) is 36.1. The molecule has 2 N–H and O–H groups in total. The van der Waals surface area contributed by atoms with Gasteiger partial charge in [-0.1, -0.05) is 112 Å². The molecule has 2 amide bonds. The lowest BCUT2D eigenvalue weighted by Gasteiger charge is -2.17. The number of thioether (sulfide) groups is 2. The highest BCUT2D eigenvalue weighted by molar-refractivity contribution is 8.03. The molecule has 0 spiro atoms. The van der Waals surface area contributed by atoms with Gasteiger partial charge in [0.15, 0.2) is 17.0 Å². The summed E-state index contributed by atoms with van der Waals surface area (Å²) in [5.41, 5.74) is 3.06. The summed E-state index contributed by atoms with van der Waals surface area (Å²) in [6, 6.07) is 37.3. The molecule has 0 aromatic heterocycles. The molecule has 0 radical (unpaired) electrons. The summed E-state index contributed by atoms with van der Waals surface area (Å²) < 4.78 is 49.7. The number of amides is 2. The third kappa shape index (κ3) is 21.8. The Morgan fingerprint density at radius 2 is 0.978 bits per heavy atom. The van der Waals surface area contributed by atoms with Crippen LogP contribution in [0.4, 0.5) is 9.59 Å². The molecule has 5 aromatic rings. The number of carbonyl (C=O) groups excluding carboxylic acids is 8. The first-order chi connectivity index (χ1) is 44.1. The van der Waals surface area contributed by atoms with Crippen molar-refractivity contribution >= 4 is 82.1 Å². The number of hydrogen-bond acceptors (Lipinski definition) is 20. The molecular formula is C69H70N2O18S2. The summed E-state index contributed by atoms with van der Waals surface area (Å²) in [5, 5.41) is 5.64. The van der Waals surface area contributed by atoms with Gasteiger partial charge in [0.05, 0.1) is 36.3 Å². The Bertz CT molecular complexity index is 3700. The molecule has 2 aliphatic rings. The molecule has 1 heterocycles. The molecular weight excluding hydrogens is 1210 g/mol. The standard InChI is InChI=1S/C69H70N2O18S2/c1-5-7-19-53(90-43-57(66(77)81-3)70-68(79)87-41-45-15-11-9-12-16-45)39-59(73)47-21-25-49(26-22-47)64(75)85-35-33-83-52-30-32-56-62(38-52)89-61-37-51(72)29-31-55(61)63(56)84-34-36-86-65(76)50-27-23-48(24-28-50)60(74)40-54(20-8-6-2)91-44-58(67(78)82-4)71-69(80)88-42-46-17-13-10-14-18-46/h9-18,21-32,37-40,57-58H,5-8,19-20,33-36,41-44H2,1-4H3,(H,70,79)(H,71,80)/b53-39+,54-40+/t57-,58-/m0/s1. The van der Waals surface area contributed by atoms with Crippen LogP contribution in [0.25, 0.3) is 22.3 Å². The van der Waals surface area contributed by atoms with E-state index >= 15 is 0 Å². The maximum Gasteiger partial charge on any atom is 0.408 e. The third-order valence-electron chi connectivity index (χ3n) is 13.6. The highest BCUT2D eigenvalue weighted by atomic mass is 32.2. The lowest BCUT2D eigenvalue weighted by Crippen LogP contribution is -2.43. The van der Waals surface area contributed by atoms with Crippen molar-refractivity contribution in [3.63, 3.8) is 0 Å². The number of unbranched alkanes of at least 4 members (excludes halogenated alkanes) is 2. The first-order valence-corrected chi connectivity index (χ1v) is 31.3. The van der Waals surface area contributed by atoms with Crippen molar-refractivity contribution in [1.82, 2.24) is 10.6 Å². The van der Waals surface area contributed by atoms with Crippen molar-refractivity contribution in [3.05, 3.63) is 211 Å². The highest BCUT2D eigenvalue weighted by Gasteiger charge is 2.26. The molecule has 0 bridgehead atoms. The fourth-order valence-electron chi connectivity index (χ4n) is 8.69. The van der Waals surface area contributed by atoms with Gasteiger partial charge in [0, 0.05) is 34.8 Å². The second-order valence-electron chi connectivity index (χ2n) is 20.2. The first kappa shape index (κ1) is 68.8. The monoisotopic (exact) mass is 1280 g/mol. The molecule has 0 saturated heterocycles. The maximum atomic E-state index is 13.5. The zero-order valence-electron chi connectivity index (χ0n) is 50.7. The lowest BCUT2D eigenvalue weighted by molar-refractivity contribution is -0.143. The molecule has 91 heavy (non-hydrogen) atoms. The van der Waals surface area contributed by atoms with Gasteiger partial charge in [-0.2, -0.15) is 0 Å². The van der Waals surface area contributed by atoms with Gasteiger partial charge < -0.3 is 52.9 Å². The average molecular weight is 1280 g/mol. The van der Waals surface area contributed by atoms with Gasteiger partial charge in [-0.15, -0.1) is 23.5 Å². The summed E-state index contributed by atoms with van der Waals surface area (Å²) >= 11 is 2.49. The van der Waals surface area contributed by atoms with E-state index in [1.807, 2.05) is 50.2 Å². The van der Waals surface area contributed by atoms with E-state index in [1.165, 1.54) is 111 Å². The molecule has 1 aliphatic carbocycles. The molecule has 20 nitrogen and oxygen atoms in total. The maximum absolute atomic E-state index is 13.5. The number of benzene rings is 6. The van der Waals surface area contributed by atoms with Crippen LogP contribution in [-0.4, -0.2) is 112 Å². The number of alkyl carbamates (subject to hydrolysis) is 2. The Morgan fingerprint density at radius 3 is 1.44 bits per heavy atom. The predicted molar refractivity (Wildman–Crippen MR) is 343 cm³/mol. The molecule has 0 unspecified atom stereocenters. The number of carbonyl (C=O) groups is 8. The number of hydrogen-bond donors (Lipinski definition) is 2. The Kier molecular flexibility index (Phi) is 27.3. The van der Waals surface area contributed by atoms with E-state index in [4.69, 9.17) is 42.3 Å². The van der Waals surface area contributed by atoms with Crippen molar-refractivity contribution in [2.45, 2.75) is 77.7 Å². The normalized spacial score (nSPS) is 12.0. The third-order valence-corrected chi connectivity index (χ3v) is 15.9. The molecule has 0 saturated carbocycles. The molecule has 476 valence electrons. The number of allylic oxidation sites excluding steroid dienone is 4. The van der Waals surface area contributed by atoms with Crippen LogP contribution in [0.5, 0.6) is 11.5 Å². The van der Waals surface area contributed by atoms with Gasteiger partial charge in [-0.3, -0.25) is 14.4 Å². The fourth-order valence-corrected chi connectivity index (χ4v) is 10.8. The Balaban J connectivity index is 0.884. The minimum atomic E-state index is -1.05. The average Bonchev–Trinajstić information content (AvgIpc) is 0.855. The van der Waals surface area contributed by atoms with Crippen molar-refractivity contribution in [2.24, 2.45) is 0 Å². The van der Waals surface area contributed by atoms with Gasteiger partial charge in [0.1, 0.15) is 74.6 Å². The second-order valence-corrected chi connectivity index (χ2v) is 22.5. The topological polar surface area (TPSA) is 265 Å². The van der Waals surface area contributed by atoms with E-state index in [9.17, 15) is 43.2 Å². The number of esters is 4. The van der Waals surface area contributed by atoms with Crippen LogP contribution in [0.15, 0.2) is 177 Å². The van der Waals surface area contributed by atoms with E-state index in [0.29, 0.717) is 61.8 Å². The Labute approximate surface area is 534 Å². The minimum absolute atomic E-state index is 0.0123. The zero-order chi connectivity index (χ0) is 64.9. The predicted octanol–water partition coefficient (Wildman–Crippen LogP) is 12.3. The van der Waals surface area contributed by atoms with Crippen molar-refractivity contribution < 1.29 is 80.7 Å². The summed E-state index contributed by atoms with van der Waals surface area (Å²) in [4.78, 5) is 117. The van der Waals surface area contributed by atoms with E-state index < -0.39 is 48.1 Å². The summed E-state index contributed by atoms with van der Waals surface area (Å²) in [7, 11) is 2.44. The minimum Gasteiger partial charge on any atom is -0.490 e. The number of ketones is 2. The van der Waals surface area contributed by atoms with Crippen LogP contribution in [0, 0.1) is 0 Å². The molecule has 2 atom stereocenters. The summed E-state index contributed by atoms with van der Waals surface area (Å²) in [6.07, 6.45) is 5.71. The summed E-state index contributed by atoms with van der Waals surface area (Å²) in [6.45, 7) is 3.61. The Hall–Kier alpha value is -9.67. The lowest BCUT2D eigenvalue weighted by atomic mass is 10.1. The fraction of sp³-hybridized carbons (Fsp3) is 0.290. The van der Waals surface area contributed by atoms with Gasteiger partial charge >= 0.3 is 36.1 Å². The van der Waals surface area contributed by atoms with E-state index in [2.05, 4.69) is 10.6 Å². The molecule has 0 fully saturated rings. The van der Waals surface area contributed by atoms with Crippen molar-refractivity contribution in [3.8, 4) is 22.8 Å². The van der Waals surface area contributed by atoms with Crippen LogP contribution in [0.3, 0.4) is 0 Å². The van der Waals surface area contributed by atoms with E-state index in [1.54, 1.807) is 48.5 Å². The van der Waals surface area contributed by atoms with Crippen LogP contribution < -0.4 is 25.5 Å². The quantitative estimate of drug-likeness (QED) is 0.00948. The highest BCUT2D eigenvalue weighted by Crippen LogP contribution is 2.40. The van der Waals surface area contributed by atoms with Crippen LogP contribution in [0.1, 0.15) is 105 Å². The van der Waals surface area contributed by atoms with Gasteiger partial charge in [0.2, 0.25) is 0 Å². The van der Waals surface area contributed by atoms with Crippen LogP contribution in [-0.2, 0) is 51.2 Å². The van der Waals surface area contributed by atoms with E-state index in [-0.39, 0.29) is 85.0 Å². The van der Waals surface area contributed by atoms with Crippen molar-refractivity contribution in [1.29, 1.82) is 0 Å². The van der Waals surface area contributed by atoms with E-state index in [0.717, 1.165) is 36.8 Å². The number of nitrogens with one attached hydrogen (secondary N) is 2. The van der Waals surface area contributed by atoms with Gasteiger partial charge in [-0.05, 0) is 107 Å². The number of methoxy groups -OCH3 is 2. The smallest absolute Gasteiger partial charge is 0.408 e. The zero-order valence-corrected chi connectivity index (χ0v) is 52.4. The van der Waals surface area contributed by atoms with Gasteiger partial charge in [-0.25, -0.2) is 28.8 Å². The molecule has 1 aliphatic heterocycles. The van der Waals surface area contributed by atoms with Crippen LogP contribution in [0.2, 0.25) is 0 Å².